The first-order valence-corrected chi connectivity index (χ1v) is 7.16. The number of para-hydroxylation sites is 2. The number of nitrogens with one attached hydrogen (secondary N) is 1. The molecular formula is C15H24N2O2. The van der Waals surface area contributed by atoms with Gasteiger partial charge in [0.2, 0.25) is 0 Å². The molecule has 1 aliphatic heterocycles. The Bertz CT molecular complexity index is 384. The summed E-state index contributed by atoms with van der Waals surface area (Å²) in [5.74, 6) is 0.976. The monoisotopic (exact) mass is 264 g/mol. The fourth-order valence-corrected chi connectivity index (χ4v) is 2.49. The van der Waals surface area contributed by atoms with Gasteiger partial charge in [0.25, 0.3) is 0 Å². The highest BCUT2D eigenvalue weighted by Gasteiger charge is 2.16. The minimum Gasteiger partial charge on any atom is -0.491 e. The van der Waals surface area contributed by atoms with Gasteiger partial charge in [-0.15, -0.1) is 0 Å². The summed E-state index contributed by atoms with van der Waals surface area (Å²) in [6.07, 6.45) is 1.98. The Labute approximate surface area is 115 Å². The van der Waals surface area contributed by atoms with Crippen LogP contribution in [0.4, 0.5) is 5.69 Å². The van der Waals surface area contributed by atoms with Crippen LogP contribution >= 0.6 is 0 Å². The number of nitrogens with zero attached hydrogens (tertiary/aromatic N) is 1. The fraction of sp³-hybridized carbons (Fsp3) is 0.600. The number of hydrogen-bond acceptors (Lipinski definition) is 4. The molecule has 0 saturated heterocycles. The topological polar surface area (TPSA) is 44.7 Å². The van der Waals surface area contributed by atoms with Crippen molar-refractivity contribution in [2.45, 2.75) is 25.8 Å². The fourth-order valence-electron chi connectivity index (χ4n) is 2.49. The van der Waals surface area contributed by atoms with Crippen LogP contribution in [0.2, 0.25) is 0 Å². The average Bonchev–Trinajstić information content (AvgIpc) is 2.66. The van der Waals surface area contributed by atoms with Crippen molar-refractivity contribution in [3.63, 3.8) is 0 Å². The number of aliphatic hydroxyl groups excluding tert-OH is 1. The first-order valence-electron chi connectivity index (χ1n) is 7.16. The Morgan fingerprint density at radius 1 is 1.42 bits per heavy atom. The normalized spacial score (nSPS) is 16.4. The van der Waals surface area contributed by atoms with E-state index < -0.39 is 0 Å². The van der Waals surface area contributed by atoms with E-state index in [0.717, 1.165) is 44.8 Å². The van der Waals surface area contributed by atoms with E-state index in [2.05, 4.69) is 23.2 Å². The third-order valence-corrected chi connectivity index (χ3v) is 3.50. The van der Waals surface area contributed by atoms with Gasteiger partial charge in [0.05, 0.1) is 18.9 Å². The zero-order valence-corrected chi connectivity index (χ0v) is 11.6. The van der Waals surface area contributed by atoms with Crippen molar-refractivity contribution in [2.24, 2.45) is 0 Å². The van der Waals surface area contributed by atoms with Crippen LogP contribution in [0.5, 0.6) is 5.75 Å². The smallest absolute Gasteiger partial charge is 0.142 e. The lowest BCUT2D eigenvalue weighted by Gasteiger charge is -2.26. The van der Waals surface area contributed by atoms with E-state index in [4.69, 9.17) is 4.74 Å². The maximum Gasteiger partial charge on any atom is 0.142 e. The van der Waals surface area contributed by atoms with Gasteiger partial charge < -0.3 is 20.1 Å². The highest BCUT2D eigenvalue weighted by atomic mass is 16.5. The molecule has 1 atom stereocenters. The number of aliphatic hydroxyl groups is 1. The van der Waals surface area contributed by atoms with E-state index >= 15 is 0 Å². The molecule has 19 heavy (non-hydrogen) atoms. The summed E-state index contributed by atoms with van der Waals surface area (Å²) >= 11 is 0. The van der Waals surface area contributed by atoms with Crippen molar-refractivity contribution in [1.29, 1.82) is 0 Å². The zero-order chi connectivity index (χ0) is 13.5. The average molecular weight is 264 g/mol. The summed E-state index contributed by atoms with van der Waals surface area (Å²) < 4.78 is 5.75. The lowest BCUT2D eigenvalue weighted by molar-refractivity contribution is 0.238. The second kappa shape index (κ2) is 7.36. The zero-order valence-electron chi connectivity index (χ0n) is 11.6. The molecule has 0 spiro atoms. The Kier molecular flexibility index (Phi) is 5.48. The molecule has 0 bridgehead atoms. The van der Waals surface area contributed by atoms with E-state index in [0.29, 0.717) is 0 Å². The van der Waals surface area contributed by atoms with Gasteiger partial charge >= 0.3 is 0 Å². The first-order chi connectivity index (χ1) is 9.35. The molecule has 1 aliphatic rings. The number of hydrogen-bond donors (Lipinski definition) is 2. The van der Waals surface area contributed by atoms with Crippen molar-refractivity contribution in [3.8, 4) is 5.75 Å². The SMILES string of the molecule is CCNC(CO)CCN1CCCOc2ccccc21. The second-order valence-electron chi connectivity index (χ2n) is 4.88. The number of ether oxygens (including phenoxy) is 1. The van der Waals surface area contributed by atoms with Crippen LogP contribution in [0.3, 0.4) is 0 Å². The summed E-state index contributed by atoms with van der Waals surface area (Å²) in [5, 5.41) is 12.6. The van der Waals surface area contributed by atoms with E-state index in [1.165, 1.54) is 5.69 Å². The first kappa shape index (κ1) is 14.2. The minimum atomic E-state index is 0.182. The van der Waals surface area contributed by atoms with E-state index in [-0.39, 0.29) is 12.6 Å². The van der Waals surface area contributed by atoms with Gasteiger partial charge in [-0.3, -0.25) is 0 Å². The van der Waals surface area contributed by atoms with Crippen LogP contribution in [0.1, 0.15) is 19.8 Å². The number of likely N-dealkylation sites (N-methyl/N-ethyl adjacent to an activating group) is 1. The van der Waals surface area contributed by atoms with Crippen molar-refractivity contribution in [3.05, 3.63) is 24.3 Å². The summed E-state index contributed by atoms with van der Waals surface area (Å²) in [7, 11) is 0. The van der Waals surface area contributed by atoms with Crippen LogP contribution in [0.15, 0.2) is 24.3 Å². The van der Waals surface area contributed by atoms with Gasteiger partial charge in [-0.1, -0.05) is 19.1 Å². The molecule has 0 fully saturated rings. The van der Waals surface area contributed by atoms with Crippen LogP contribution in [-0.2, 0) is 0 Å². The van der Waals surface area contributed by atoms with Crippen molar-refractivity contribution >= 4 is 5.69 Å². The standard InChI is InChI=1S/C15H24N2O2/c1-2-16-13(12-18)8-10-17-9-5-11-19-15-7-4-3-6-14(15)17/h3-4,6-7,13,16,18H,2,5,8-12H2,1H3. The minimum absolute atomic E-state index is 0.182. The van der Waals surface area contributed by atoms with E-state index in [9.17, 15) is 5.11 Å². The molecule has 2 rings (SSSR count). The van der Waals surface area contributed by atoms with Crippen LogP contribution < -0.4 is 15.0 Å². The Morgan fingerprint density at radius 2 is 2.26 bits per heavy atom. The number of benzene rings is 1. The molecular weight excluding hydrogens is 240 g/mol. The van der Waals surface area contributed by atoms with Crippen molar-refractivity contribution in [2.75, 3.05) is 37.7 Å². The van der Waals surface area contributed by atoms with Gasteiger partial charge in [-0.2, -0.15) is 0 Å². The molecule has 1 unspecified atom stereocenters. The molecule has 0 aromatic heterocycles. The summed E-state index contributed by atoms with van der Waals surface area (Å²) in [5.41, 5.74) is 1.17. The van der Waals surface area contributed by atoms with Crippen molar-refractivity contribution < 1.29 is 9.84 Å². The molecule has 4 nitrogen and oxygen atoms in total. The molecule has 0 saturated carbocycles. The largest absolute Gasteiger partial charge is 0.491 e. The van der Waals surface area contributed by atoms with Crippen LogP contribution in [0, 0.1) is 0 Å². The third-order valence-electron chi connectivity index (χ3n) is 3.50. The van der Waals surface area contributed by atoms with Gasteiger partial charge in [0.1, 0.15) is 5.75 Å². The molecule has 1 aromatic carbocycles. The third kappa shape index (κ3) is 3.85. The molecule has 106 valence electrons. The summed E-state index contributed by atoms with van der Waals surface area (Å²) in [6.45, 7) is 5.90. The van der Waals surface area contributed by atoms with Gasteiger partial charge in [-0.05, 0) is 31.5 Å². The number of fused-ring (bicyclic) bond motifs is 1. The lowest BCUT2D eigenvalue weighted by atomic mass is 10.2. The van der Waals surface area contributed by atoms with Crippen LogP contribution in [0.25, 0.3) is 0 Å². The van der Waals surface area contributed by atoms with Gasteiger partial charge in [-0.25, -0.2) is 0 Å². The summed E-state index contributed by atoms with van der Waals surface area (Å²) in [6, 6.07) is 8.39. The molecule has 0 radical (unpaired) electrons. The highest BCUT2D eigenvalue weighted by Crippen LogP contribution is 2.30. The molecule has 2 N–H and O–H groups in total. The predicted molar refractivity (Wildman–Crippen MR) is 77.9 cm³/mol. The Hall–Kier alpha value is -1.26. The Morgan fingerprint density at radius 3 is 3.05 bits per heavy atom. The highest BCUT2D eigenvalue weighted by molar-refractivity contribution is 5.58. The van der Waals surface area contributed by atoms with Crippen LogP contribution in [-0.4, -0.2) is 44.0 Å². The van der Waals surface area contributed by atoms with E-state index in [1.54, 1.807) is 0 Å². The van der Waals surface area contributed by atoms with Gasteiger partial charge in [0, 0.05) is 19.1 Å². The maximum absolute atomic E-state index is 9.33. The number of anilines is 1. The molecule has 4 heteroatoms. The Balaban J connectivity index is 1.99. The second-order valence-corrected chi connectivity index (χ2v) is 4.88. The lowest BCUT2D eigenvalue weighted by Crippen LogP contribution is -2.37. The van der Waals surface area contributed by atoms with Gasteiger partial charge in [0.15, 0.2) is 0 Å². The molecule has 0 amide bonds. The summed E-state index contributed by atoms with van der Waals surface area (Å²) in [4.78, 5) is 2.36. The predicted octanol–water partition coefficient (Wildman–Crippen LogP) is 1.64. The van der Waals surface area contributed by atoms with Crippen molar-refractivity contribution in [1.82, 2.24) is 5.32 Å². The van der Waals surface area contributed by atoms with E-state index in [1.807, 2.05) is 18.2 Å². The molecule has 1 heterocycles. The number of rotatable bonds is 6. The molecule has 1 aromatic rings. The maximum atomic E-state index is 9.33. The molecule has 0 aliphatic carbocycles. The quantitative estimate of drug-likeness (QED) is 0.820.